The fourth-order valence-electron chi connectivity index (χ4n) is 1.96. The molecule has 2 N–H and O–H groups in total. The second kappa shape index (κ2) is 7.51. The van der Waals surface area contributed by atoms with Crippen molar-refractivity contribution in [2.75, 3.05) is 11.4 Å². The number of halogens is 1. The van der Waals surface area contributed by atoms with Crippen LogP contribution in [0.1, 0.15) is 16.8 Å². The van der Waals surface area contributed by atoms with E-state index in [1.165, 1.54) is 0 Å². The van der Waals surface area contributed by atoms with Crippen LogP contribution in [-0.4, -0.2) is 17.4 Å². The monoisotopic (exact) mass is 410 g/mol. The van der Waals surface area contributed by atoms with Crippen LogP contribution in [-0.2, 0) is 0 Å². The number of para-hydroxylation sites is 1. The SMILES string of the molecule is NC(=S)CCN(C(=O)c1ccccc1I)c1ccccc1. The maximum absolute atomic E-state index is 12.8. The van der Waals surface area contributed by atoms with Crippen LogP contribution in [0.25, 0.3) is 0 Å². The maximum Gasteiger partial charge on any atom is 0.259 e. The van der Waals surface area contributed by atoms with Gasteiger partial charge in [-0.3, -0.25) is 4.79 Å². The lowest BCUT2D eigenvalue weighted by Crippen LogP contribution is -2.34. The van der Waals surface area contributed by atoms with Gasteiger partial charge in [-0.15, -0.1) is 0 Å². The third-order valence-electron chi connectivity index (χ3n) is 3.00. The number of carbonyl (C=O) groups is 1. The molecule has 0 radical (unpaired) electrons. The molecule has 21 heavy (non-hydrogen) atoms. The average Bonchev–Trinajstić information content (AvgIpc) is 2.48. The molecule has 0 atom stereocenters. The summed E-state index contributed by atoms with van der Waals surface area (Å²) >= 11 is 7.10. The molecule has 5 heteroatoms. The summed E-state index contributed by atoms with van der Waals surface area (Å²) in [5, 5.41) is 0. The molecule has 0 spiro atoms. The molecule has 0 unspecified atom stereocenters. The molecule has 108 valence electrons. The van der Waals surface area contributed by atoms with Crippen LogP contribution < -0.4 is 10.6 Å². The first kappa shape index (κ1) is 15.9. The molecular formula is C16H15IN2OS. The second-order valence-electron chi connectivity index (χ2n) is 4.49. The molecule has 0 saturated carbocycles. The minimum absolute atomic E-state index is 0.0394. The van der Waals surface area contributed by atoms with Crippen molar-refractivity contribution in [1.82, 2.24) is 0 Å². The van der Waals surface area contributed by atoms with Gasteiger partial charge in [-0.05, 0) is 46.9 Å². The molecule has 1 amide bonds. The summed E-state index contributed by atoms with van der Waals surface area (Å²) in [7, 11) is 0. The molecule has 0 aliphatic carbocycles. The van der Waals surface area contributed by atoms with Gasteiger partial charge in [0.2, 0.25) is 0 Å². The highest BCUT2D eigenvalue weighted by Gasteiger charge is 2.19. The highest BCUT2D eigenvalue weighted by Crippen LogP contribution is 2.20. The van der Waals surface area contributed by atoms with Crippen molar-refractivity contribution >= 4 is 51.4 Å². The zero-order chi connectivity index (χ0) is 15.2. The zero-order valence-electron chi connectivity index (χ0n) is 11.3. The Bertz CT molecular complexity index is 646. The van der Waals surface area contributed by atoms with Crippen molar-refractivity contribution in [1.29, 1.82) is 0 Å². The van der Waals surface area contributed by atoms with Gasteiger partial charge >= 0.3 is 0 Å². The summed E-state index contributed by atoms with van der Waals surface area (Å²) in [4.78, 5) is 14.9. The smallest absolute Gasteiger partial charge is 0.259 e. The maximum atomic E-state index is 12.8. The molecular weight excluding hydrogens is 395 g/mol. The van der Waals surface area contributed by atoms with E-state index in [9.17, 15) is 4.79 Å². The molecule has 0 aromatic heterocycles. The van der Waals surface area contributed by atoms with Crippen LogP contribution in [0.4, 0.5) is 5.69 Å². The largest absolute Gasteiger partial charge is 0.393 e. The number of nitrogens with two attached hydrogens (primary N) is 1. The first-order chi connectivity index (χ1) is 10.1. The molecule has 2 aromatic rings. The third-order valence-corrected chi connectivity index (χ3v) is 4.14. The number of carbonyl (C=O) groups excluding carboxylic acids is 1. The van der Waals surface area contributed by atoms with Gasteiger partial charge in [0.05, 0.1) is 10.6 Å². The van der Waals surface area contributed by atoms with E-state index in [-0.39, 0.29) is 5.91 Å². The Balaban J connectivity index is 2.33. The molecule has 0 aliphatic heterocycles. The Morgan fingerprint density at radius 3 is 2.33 bits per heavy atom. The van der Waals surface area contributed by atoms with Crippen molar-refractivity contribution in [3.63, 3.8) is 0 Å². The lowest BCUT2D eigenvalue weighted by molar-refractivity contribution is 0.0987. The molecule has 0 saturated heterocycles. The highest BCUT2D eigenvalue weighted by molar-refractivity contribution is 14.1. The van der Waals surface area contributed by atoms with Crippen LogP contribution in [0.2, 0.25) is 0 Å². The standard InChI is InChI=1S/C16H15IN2OS/c17-14-9-5-4-8-13(14)16(20)19(11-10-15(18)21)12-6-2-1-3-7-12/h1-9H,10-11H2,(H2,18,21). The van der Waals surface area contributed by atoms with Crippen LogP contribution >= 0.6 is 34.8 Å². The van der Waals surface area contributed by atoms with Gasteiger partial charge in [-0.2, -0.15) is 0 Å². The molecule has 2 rings (SSSR count). The summed E-state index contributed by atoms with van der Waals surface area (Å²) in [6.07, 6.45) is 0.499. The Morgan fingerprint density at radius 1 is 1.10 bits per heavy atom. The van der Waals surface area contributed by atoms with E-state index in [0.717, 1.165) is 9.26 Å². The summed E-state index contributed by atoms with van der Waals surface area (Å²) in [6, 6.07) is 17.1. The van der Waals surface area contributed by atoms with E-state index in [0.29, 0.717) is 23.5 Å². The summed E-state index contributed by atoms with van der Waals surface area (Å²) in [6.45, 7) is 0.475. The number of anilines is 1. The molecule has 0 fully saturated rings. The van der Waals surface area contributed by atoms with E-state index in [1.807, 2.05) is 54.6 Å². The van der Waals surface area contributed by atoms with Gasteiger partial charge in [-0.1, -0.05) is 42.5 Å². The molecule has 0 heterocycles. The first-order valence-corrected chi connectivity index (χ1v) is 7.98. The number of nitrogens with zero attached hydrogens (tertiary/aromatic N) is 1. The van der Waals surface area contributed by atoms with E-state index in [1.54, 1.807) is 4.90 Å². The van der Waals surface area contributed by atoms with Gasteiger partial charge in [0.25, 0.3) is 5.91 Å². The predicted octanol–water partition coefficient (Wildman–Crippen LogP) is 3.61. The summed E-state index contributed by atoms with van der Waals surface area (Å²) in [5.74, 6) is -0.0394. The van der Waals surface area contributed by atoms with Crippen molar-refractivity contribution in [3.05, 3.63) is 63.7 Å². The topological polar surface area (TPSA) is 46.3 Å². The van der Waals surface area contributed by atoms with Crippen molar-refractivity contribution in [2.24, 2.45) is 5.73 Å². The quantitative estimate of drug-likeness (QED) is 0.605. The predicted molar refractivity (Wildman–Crippen MR) is 98.7 cm³/mol. The van der Waals surface area contributed by atoms with Gasteiger partial charge in [-0.25, -0.2) is 0 Å². The van der Waals surface area contributed by atoms with Crippen LogP contribution in [0.15, 0.2) is 54.6 Å². The van der Waals surface area contributed by atoms with Crippen LogP contribution in [0, 0.1) is 3.57 Å². The molecule has 2 aromatic carbocycles. The number of benzene rings is 2. The fraction of sp³-hybridized carbons (Fsp3) is 0.125. The second-order valence-corrected chi connectivity index (χ2v) is 6.18. The molecule has 3 nitrogen and oxygen atoms in total. The number of hydrogen-bond acceptors (Lipinski definition) is 2. The minimum Gasteiger partial charge on any atom is -0.393 e. The number of thiocarbonyl (C=S) groups is 1. The summed E-state index contributed by atoms with van der Waals surface area (Å²) in [5.41, 5.74) is 7.11. The zero-order valence-corrected chi connectivity index (χ0v) is 14.3. The van der Waals surface area contributed by atoms with Crippen molar-refractivity contribution < 1.29 is 4.79 Å². The van der Waals surface area contributed by atoms with Crippen molar-refractivity contribution in [3.8, 4) is 0 Å². The molecule has 0 aliphatic rings. The lowest BCUT2D eigenvalue weighted by atomic mass is 10.1. The summed E-state index contributed by atoms with van der Waals surface area (Å²) < 4.78 is 0.927. The number of rotatable bonds is 5. The average molecular weight is 410 g/mol. The van der Waals surface area contributed by atoms with Crippen LogP contribution in [0.5, 0.6) is 0 Å². The Hall–Kier alpha value is -1.47. The first-order valence-electron chi connectivity index (χ1n) is 6.49. The van der Waals surface area contributed by atoms with Gasteiger partial charge in [0.1, 0.15) is 0 Å². The fourth-order valence-corrected chi connectivity index (χ4v) is 2.67. The van der Waals surface area contributed by atoms with E-state index in [2.05, 4.69) is 22.6 Å². The van der Waals surface area contributed by atoms with E-state index in [4.69, 9.17) is 18.0 Å². The Labute approximate surface area is 143 Å². The normalized spacial score (nSPS) is 10.1. The van der Waals surface area contributed by atoms with E-state index < -0.39 is 0 Å². The Morgan fingerprint density at radius 2 is 1.71 bits per heavy atom. The molecule has 0 bridgehead atoms. The third kappa shape index (κ3) is 4.25. The van der Waals surface area contributed by atoms with E-state index >= 15 is 0 Å². The lowest BCUT2D eigenvalue weighted by Gasteiger charge is -2.23. The number of hydrogen-bond donors (Lipinski definition) is 1. The van der Waals surface area contributed by atoms with Gasteiger partial charge in [0, 0.05) is 22.2 Å². The minimum atomic E-state index is -0.0394. The van der Waals surface area contributed by atoms with Gasteiger partial charge in [0.15, 0.2) is 0 Å². The van der Waals surface area contributed by atoms with Gasteiger partial charge < -0.3 is 10.6 Å². The Kier molecular flexibility index (Phi) is 5.69. The van der Waals surface area contributed by atoms with Crippen LogP contribution in [0.3, 0.4) is 0 Å². The van der Waals surface area contributed by atoms with Crippen molar-refractivity contribution in [2.45, 2.75) is 6.42 Å². The number of amides is 1. The highest BCUT2D eigenvalue weighted by atomic mass is 127.